The Morgan fingerprint density at radius 2 is 2.10 bits per heavy atom. The van der Waals surface area contributed by atoms with Gasteiger partial charge in [0.1, 0.15) is 0 Å². The predicted octanol–water partition coefficient (Wildman–Crippen LogP) is 3.21. The molecule has 1 aliphatic rings. The van der Waals surface area contributed by atoms with E-state index in [1.807, 2.05) is 24.7 Å². The minimum Gasteiger partial charge on any atom is -0.310 e. The van der Waals surface area contributed by atoms with Crippen molar-refractivity contribution in [1.29, 1.82) is 0 Å². The molecule has 0 saturated heterocycles. The molecule has 1 aliphatic carbocycles. The molecule has 0 spiro atoms. The summed E-state index contributed by atoms with van der Waals surface area (Å²) in [5.74, 6) is 0. The van der Waals surface area contributed by atoms with E-state index in [1.54, 1.807) is 0 Å². The van der Waals surface area contributed by atoms with Gasteiger partial charge in [0.25, 0.3) is 0 Å². The highest BCUT2D eigenvalue weighted by molar-refractivity contribution is 9.10. The van der Waals surface area contributed by atoms with Crippen LogP contribution in [0.1, 0.15) is 35.5 Å². The second-order valence-electron chi connectivity index (χ2n) is 5.51. The average Bonchev–Trinajstić information content (AvgIpc) is 3.21. The van der Waals surface area contributed by atoms with Crippen molar-refractivity contribution in [2.24, 2.45) is 0 Å². The monoisotopic (exact) mass is 334 g/mol. The number of pyridine rings is 1. The lowest BCUT2D eigenvalue weighted by Crippen LogP contribution is -2.18. The van der Waals surface area contributed by atoms with Crippen molar-refractivity contribution in [3.8, 4) is 5.69 Å². The maximum Gasteiger partial charge on any atom is 0.0743 e. The van der Waals surface area contributed by atoms with Crippen molar-refractivity contribution < 1.29 is 0 Å². The van der Waals surface area contributed by atoms with Crippen molar-refractivity contribution in [3.63, 3.8) is 0 Å². The molecule has 0 aliphatic heterocycles. The molecule has 0 radical (unpaired) electrons. The molecule has 5 heteroatoms. The van der Waals surface area contributed by atoms with E-state index in [0.29, 0.717) is 6.04 Å². The molecule has 2 aromatic rings. The van der Waals surface area contributed by atoms with Crippen molar-refractivity contribution in [2.75, 3.05) is 0 Å². The second-order valence-corrected chi connectivity index (χ2v) is 6.30. The summed E-state index contributed by atoms with van der Waals surface area (Å²) in [6, 6.07) is 2.80. The SMILES string of the molecule is Cc1cc(-n2nc(C)c(Br)c2C)c(CNC2CC2)cn1. The van der Waals surface area contributed by atoms with Gasteiger partial charge in [0, 0.05) is 30.0 Å². The summed E-state index contributed by atoms with van der Waals surface area (Å²) >= 11 is 3.60. The molecule has 0 bridgehead atoms. The Morgan fingerprint density at radius 3 is 2.70 bits per heavy atom. The number of hydrogen-bond donors (Lipinski definition) is 1. The number of hydrogen-bond acceptors (Lipinski definition) is 3. The maximum atomic E-state index is 4.64. The molecule has 20 heavy (non-hydrogen) atoms. The van der Waals surface area contributed by atoms with Gasteiger partial charge >= 0.3 is 0 Å². The molecule has 1 fully saturated rings. The molecule has 2 aromatic heterocycles. The van der Waals surface area contributed by atoms with Crippen LogP contribution in [0.15, 0.2) is 16.7 Å². The topological polar surface area (TPSA) is 42.7 Å². The maximum absolute atomic E-state index is 4.64. The molecule has 106 valence electrons. The van der Waals surface area contributed by atoms with Gasteiger partial charge in [0.15, 0.2) is 0 Å². The molecule has 1 saturated carbocycles. The molecular weight excluding hydrogens is 316 g/mol. The van der Waals surface area contributed by atoms with Gasteiger partial charge in [-0.1, -0.05) is 0 Å². The van der Waals surface area contributed by atoms with E-state index in [9.17, 15) is 0 Å². The summed E-state index contributed by atoms with van der Waals surface area (Å²) in [4.78, 5) is 4.43. The van der Waals surface area contributed by atoms with Crippen LogP contribution in [0, 0.1) is 20.8 Å². The predicted molar refractivity (Wildman–Crippen MR) is 83.1 cm³/mol. The van der Waals surface area contributed by atoms with Crippen molar-refractivity contribution in [3.05, 3.63) is 39.4 Å². The fourth-order valence-corrected chi connectivity index (χ4v) is 2.55. The zero-order valence-corrected chi connectivity index (χ0v) is 13.7. The summed E-state index contributed by atoms with van der Waals surface area (Å²) in [7, 11) is 0. The van der Waals surface area contributed by atoms with Gasteiger partial charge in [0.05, 0.1) is 21.5 Å². The van der Waals surface area contributed by atoms with E-state index >= 15 is 0 Å². The van der Waals surface area contributed by atoms with E-state index < -0.39 is 0 Å². The third-order valence-corrected chi connectivity index (χ3v) is 4.84. The van der Waals surface area contributed by atoms with E-state index in [0.717, 1.165) is 33.8 Å². The molecular formula is C15H19BrN4. The molecule has 0 aromatic carbocycles. The molecule has 1 N–H and O–H groups in total. The quantitative estimate of drug-likeness (QED) is 0.933. The highest BCUT2D eigenvalue weighted by atomic mass is 79.9. The highest BCUT2D eigenvalue weighted by Gasteiger charge is 2.21. The molecule has 0 atom stereocenters. The molecule has 0 unspecified atom stereocenters. The fraction of sp³-hybridized carbons (Fsp3) is 0.467. The van der Waals surface area contributed by atoms with Gasteiger partial charge in [-0.05, 0) is 55.6 Å². The number of rotatable bonds is 4. The van der Waals surface area contributed by atoms with Crippen LogP contribution in [0.4, 0.5) is 0 Å². The summed E-state index contributed by atoms with van der Waals surface area (Å²) in [6.07, 6.45) is 4.55. The van der Waals surface area contributed by atoms with Gasteiger partial charge in [-0.25, -0.2) is 4.68 Å². The summed E-state index contributed by atoms with van der Waals surface area (Å²) in [5, 5.41) is 8.19. The number of aromatic nitrogens is 3. The summed E-state index contributed by atoms with van der Waals surface area (Å²) < 4.78 is 3.09. The number of aryl methyl sites for hydroxylation is 2. The molecule has 4 nitrogen and oxygen atoms in total. The first-order chi connectivity index (χ1) is 9.56. The van der Waals surface area contributed by atoms with Gasteiger partial charge in [-0.3, -0.25) is 4.98 Å². The molecule has 3 rings (SSSR count). The lowest BCUT2D eigenvalue weighted by atomic mass is 10.2. The smallest absolute Gasteiger partial charge is 0.0743 e. The van der Waals surface area contributed by atoms with Gasteiger partial charge in [-0.2, -0.15) is 5.10 Å². The third kappa shape index (κ3) is 2.65. The van der Waals surface area contributed by atoms with Crippen LogP contribution in [0.25, 0.3) is 5.69 Å². The van der Waals surface area contributed by atoms with Crippen LogP contribution in [0.2, 0.25) is 0 Å². The van der Waals surface area contributed by atoms with Crippen LogP contribution >= 0.6 is 15.9 Å². The van der Waals surface area contributed by atoms with E-state index in [-0.39, 0.29) is 0 Å². The number of nitrogens with zero attached hydrogens (tertiary/aromatic N) is 3. The lowest BCUT2D eigenvalue weighted by Gasteiger charge is -2.12. The zero-order valence-electron chi connectivity index (χ0n) is 12.1. The van der Waals surface area contributed by atoms with E-state index in [4.69, 9.17) is 0 Å². The minimum absolute atomic E-state index is 0.691. The Labute approximate surface area is 127 Å². The summed E-state index contributed by atoms with van der Waals surface area (Å²) in [6.45, 7) is 6.97. The number of halogens is 1. The Morgan fingerprint density at radius 1 is 1.35 bits per heavy atom. The van der Waals surface area contributed by atoms with Crippen molar-refractivity contribution in [1.82, 2.24) is 20.1 Å². The van der Waals surface area contributed by atoms with Crippen molar-refractivity contribution >= 4 is 15.9 Å². The Hall–Kier alpha value is -1.20. The lowest BCUT2D eigenvalue weighted by molar-refractivity contribution is 0.676. The fourth-order valence-electron chi connectivity index (χ4n) is 2.31. The first-order valence-electron chi connectivity index (χ1n) is 6.97. The first-order valence-corrected chi connectivity index (χ1v) is 7.76. The Kier molecular flexibility index (Phi) is 3.65. The highest BCUT2D eigenvalue weighted by Crippen LogP contribution is 2.26. The second kappa shape index (κ2) is 5.30. The molecule has 0 amide bonds. The van der Waals surface area contributed by atoms with Crippen molar-refractivity contribution in [2.45, 2.75) is 46.2 Å². The van der Waals surface area contributed by atoms with Crippen LogP contribution in [0.3, 0.4) is 0 Å². The first kappa shape index (κ1) is 13.8. The zero-order chi connectivity index (χ0) is 14.3. The van der Waals surface area contributed by atoms with Crippen LogP contribution < -0.4 is 5.32 Å². The van der Waals surface area contributed by atoms with Gasteiger partial charge in [-0.15, -0.1) is 0 Å². The van der Waals surface area contributed by atoms with Crippen LogP contribution in [0.5, 0.6) is 0 Å². The number of nitrogens with one attached hydrogen (secondary N) is 1. The van der Waals surface area contributed by atoms with Crippen LogP contribution in [-0.4, -0.2) is 20.8 Å². The standard InChI is InChI=1S/C15H19BrN4/c1-9-6-14(20-11(3)15(16)10(2)19-20)12(7-17-9)8-18-13-4-5-13/h6-7,13,18H,4-5,8H2,1-3H3. The normalized spacial score (nSPS) is 14.8. The van der Waals surface area contributed by atoms with E-state index in [1.165, 1.54) is 18.4 Å². The Balaban J connectivity index is 2.00. The molecule has 2 heterocycles. The van der Waals surface area contributed by atoms with Crippen LogP contribution in [-0.2, 0) is 6.54 Å². The Bertz CT molecular complexity index is 644. The van der Waals surface area contributed by atoms with E-state index in [2.05, 4.69) is 44.3 Å². The third-order valence-electron chi connectivity index (χ3n) is 3.69. The van der Waals surface area contributed by atoms with Gasteiger partial charge in [0.2, 0.25) is 0 Å². The largest absolute Gasteiger partial charge is 0.310 e. The summed E-state index contributed by atoms with van der Waals surface area (Å²) in [5.41, 5.74) is 5.47. The minimum atomic E-state index is 0.691. The average molecular weight is 335 g/mol. The van der Waals surface area contributed by atoms with Gasteiger partial charge < -0.3 is 5.32 Å².